The normalized spacial score (nSPS) is 16.3. The molecule has 0 spiro atoms. The fraction of sp³-hybridized carbons (Fsp3) is 0.387. The molecule has 0 aliphatic heterocycles. The molecule has 9 nitrogen and oxygen atoms in total. The molecule has 3 unspecified atom stereocenters. The third-order valence-corrected chi connectivity index (χ3v) is 8.99. The molecule has 0 radical (unpaired) electrons. The number of halogens is 3. The number of hydrogen-bond acceptors (Lipinski definition) is 6. The molecule has 44 heavy (non-hydrogen) atoms. The van der Waals surface area contributed by atoms with E-state index in [0.717, 1.165) is 35.8 Å². The lowest BCUT2D eigenvalue weighted by molar-refractivity contribution is -0.129. The van der Waals surface area contributed by atoms with Crippen LogP contribution in [0.15, 0.2) is 71.9 Å². The van der Waals surface area contributed by atoms with Crippen molar-refractivity contribution in [2.45, 2.75) is 68.3 Å². The topological polar surface area (TPSA) is 126 Å². The van der Waals surface area contributed by atoms with Gasteiger partial charge in [-0.3, -0.25) is 14.6 Å². The summed E-state index contributed by atoms with van der Waals surface area (Å²) in [6, 6.07) is 14.2. The number of fused-ring (bicyclic) bond motifs is 1. The van der Waals surface area contributed by atoms with Crippen LogP contribution in [0.4, 0.5) is 4.39 Å². The van der Waals surface area contributed by atoms with Crippen molar-refractivity contribution in [2.24, 2.45) is 0 Å². The van der Waals surface area contributed by atoms with E-state index >= 15 is 0 Å². The molecule has 0 saturated heterocycles. The van der Waals surface area contributed by atoms with Crippen LogP contribution >= 0.6 is 24.8 Å². The van der Waals surface area contributed by atoms with Gasteiger partial charge in [0.1, 0.15) is 22.5 Å². The Bertz CT molecular complexity index is 1500. The molecule has 3 atom stereocenters. The van der Waals surface area contributed by atoms with Crippen LogP contribution in [0.5, 0.6) is 5.75 Å². The summed E-state index contributed by atoms with van der Waals surface area (Å²) >= 11 is 0. The number of hydrogen-bond donors (Lipinski definition) is 3. The van der Waals surface area contributed by atoms with Crippen molar-refractivity contribution in [2.75, 3.05) is 13.7 Å². The van der Waals surface area contributed by atoms with Crippen LogP contribution in [0, 0.1) is 5.82 Å². The Labute approximate surface area is 270 Å². The van der Waals surface area contributed by atoms with Gasteiger partial charge in [-0.2, -0.15) is 0 Å². The average Bonchev–Trinajstić information content (AvgIpc) is 2.97. The molecule has 0 saturated carbocycles. The van der Waals surface area contributed by atoms with Crippen molar-refractivity contribution in [3.8, 4) is 5.75 Å². The van der Waals surface area contributed by atoms with Crippen molar-refractivity contribution in [3.63, 3.8) is 0 Å². The second-order valence-corrected chi connectivity index (χ2v) is 12.2. The Kier molecular flexibility index (Phi) is 14.5. The summed E-state index contributed by atoms with van der Waals surface area (Å²) < 4.78 is 46.6. The molecule has 0 bridgehead atoms. The largest absolute Gasteiger partial charge is 0.497 e. The molecule has 1 aromatic heterocycles. The van der Waals surface area contributed by atoms with Gasteiger partial charge in [-0.05, 0) is 85.5 Å². The highest BCUT2D eigenvalue weighted by Crippen LogP contribution is 2.36. The van der Waals surface area contributed by atoms with Crippen LogP contribution in [0.2, 0.25) is 0 Å². The number of nitrogens with one attached hydrogen (secondary N) is 3. The number of ether oxygens (including phenoxy) is 1. The molecule has 0 fully saturated rings. The van der Waals surface area contributed by atoms with E-state index in [1.165, 1.54) is 30.7 Å². The zero-order valence-electron chi connectivity index (χ0n) is 24.6. The van der Waals surface area contributed by atoms with Gasteiger partial charge in [0.15, 0.2) is 0 Å². The molecular formula is C31H39Cl2FN4O5S. The molecule has 1 aliphatic rings. The summed E-state index contributed by atoms with van der Waals surface area (Å²) in [6.45, 7) is 1.43. The zero-order valence-corrected chi connectivity index (χ0v) is 27.1. The number of unbranched alkanes of at least 4 members (excludes halogenated alkanes) is 1. The number of sulfonamides is 1. The van der Waals surface area contributed by atoms with E-state index in [0.29, 0.717) is 25.7 Å². The average molecular weight is 670 g/mol. The van der Waals surface area contributed by atoms with Gasteiger partial charge in [-0.1, -0.05) is 24.3 Å². The third kappa shape index (κ3) is 9.88. The van der Waals surface area contributed by atoms with E-state index in [-0.39, 0.29) is 55.1 Å². The minimum atomic E-state index is -3.99. The number of aromatic nitrogens is 1. The maximum absolute atomic E-state index is 13.9. The van der Waals surface area contributed by atoms with Gasteiger partial charge in [0.25, 0.3) is 0 Å². The number of pyridine rings is 1. The number of nitrogens with zero attached hydrogens (tertiary/aromatic N) is 1. The Hall–Kier alpha value is -3.25. The van der Waals surface area contributed by atoms with Gasteiger partial charge in [-0.25, -0.2) is 17.5 Å². The minimum Gasteiger partial charge on any atom is -0.497 e. The summed E-state index contributed by atoms with van der Waals surface area (Å²) in [5, 5.41) is 5.94. The van der Waals surface area contributed by atoms with Gasteiger partial charge in [0, 0.05) is 37.8 Å². The van der Waals surface area contributed by atoms with Crippen LogP contribution in [0.25, 0.3) is 0 Å². The quantitative estimate of drug-likeness (QED) is 0.231. The predicted octanol–water partition coefficient (Wildman–Crippen LogP) is 4.48. The first-order valence-electron chi connectivity index (χ1n) is 14.1. The van der Waals surface area contributed by atoms with E-state index in [4.69, 9.17) is 4.74 Å². The van der Waals surface area contributed by atoms with Crippen LogP contribution in [-0.4, -0.2) is 51.0 Å². The summed E-state index contributed by atoms with van der Waals surface area (Å²) in [5.41, 5.74) is 3.39. The highest BCUT2D eigenvalue weighted by molar-refractivity contribution is 7.89. The number of rotatable bonds is 13. The zero-order chi connectivity index (χ0) is 30.1. The van der Waals surface area contributed by atoms with Gasteiger partial charge in [0.2, 0.25) is 21.8 Å². The fourth-order valence-corrected chi connectivity index (χ4v) is 6.58. The second kappa shape index (κ2) is 17.3. The smallest absolute Gasteiger partial charge is 0.243 e. The van der Waals surface area contributed by atoms with Crippen LogP contribution in [0.3, 0.4) is 0 Å². The molecule has 4 rings (SSSR count). The molecule has 1 heterocycles. The molecule has 13 heteroatoms. The van der Waals surface area contributed by atoms with E-state index in [9.17, 15) is 22.4 Å². The highest BCUT2D eigenvalue weighted by atomic mass is 35.5. The number of aryl methyl sites for hydroxylation is 1. The van der Waals surface area contributed by atoms with Gasteiger partial charge in [0.05, 0.1) is 7.11 Å². The summed E-state index contributed by atoms with van der Waals surface area (Å²) in [7, 11) is -2.35. The van der Waals surface area contributed by atoms with Crippen molar-refractivity contribution in [1.29, 1.82) is 0 Å². The Morgan fingerprint density at radius 3 is 2.55 bits per heavy atom. The number of carbonyl (C=O) groups excluding carboxylic acids is 2. The molecule has 3 aromatic rings. The first-order valence-corrected chi connectivity index (χ1v) is 15.5. The van der Waals surface area contributed by atoms with Crippen LogP contribution < -0.4 is 20.1 Å². The molecule has 1 aliphatic carbocycles. The lowest BCUT2D eigenvalue weighted by Gasteiger charge is -2.35. The maximum Gasteiger partial charge on any atom is 0.243 e. The van der Waals surface area contributed by atoms with Crippen LogP contribution in [-0.2, 0) is 32.5 Å². The monoisotopic (exact) mass is 668 g/mol. The Morgan fingerprint density at radius 1 is 1.09 bits per heavy atom. The number of benzene rings is 2. The van der Waals surface area contributed by atoms with Gasteiger partial charge >= 0.3 is 0 Å². The minimum absolute atomic E-state index is 0. The van der Waals surface area contributed by atoms with E-state index < -0.39 is 26.8 Å². The summed E-state index contributed by atoms with van der Waals surface area (Å²) in [5.74, 6) is -0.644. The predicted molar refractivity (Wildman–Crippen MR) is 171 cm³/mol. The molecular weight excluding hydrogens is 630 g/mol. The summed E-state index contributed by atoms with van der Waals surface area (Å²) in [6.07, 6.45) is 6.92. The van der Waals surface area contributed by atoms with Crippen molar-refractivity contribution < 1.29 is 27.1 Å². The summed E-state index contributed by atoms with van der Waals surface area (Å²) in [4.78, 5) is 29.3. The molecule has 2 amide bonds. The lowest BCUT2D eigenvalue weighted by atomic mass is 9.76. The third-order valence-electron chi connectivity index (χ3n) is 7.50. The molecule has 240 valence electrons. The highest BCUT2D eigenvalue weighted by Gasteiger charge is 2.33. The van der Waals surface area contributed by atoms with Crippen molar-refractivity contribution in [1.82, 2.24) is 20.3 Å². The number of methoxy groups -OCH3 is 1. The molecule has 3 N–H and O–H groups in total. The van der Waals surface area contributed by atoms with Gasteiger partial charge < -0.3 is 15.4 Å². The first-order chi connectivity index (χ1) is 20.2. The van der Waals surface area contributed by atoms with E-state index in [1.807, 2.05) is 30.5 Å². The number of carbonyl (C=O) groups is 2. The second-order valence-electron chi connectivity index (χ2n) is 10.5. The molecule has 2 aromatic carbocycles. The van der Waals surface area contributed by atoms with E-state index in [1.54, 1.807) is 13.3 Å². The Balaban J connectivity index is 0.00000337. The maximum atomic E-state index is 13.9. The van der Waals surface area contributed by atoms with E-state index in [2.05, 4.69) is 26.4 Å². The SMILES string of the molecule is COc1ccc2c(c1)CCC(NC(=O)C(CCCCNS(=O)(=O)c1ccccc1F)NC(C)=O)C2Cc1cccnc1.Cl.Cl. The first kappa shape index (κ1) is 36.9. The Morgan fingerprint density at radius 2 is 1.86 bits per heavy atom. The lowest BCUT2D eigenvalue weighted by Crippen LogP contribution is -2.51. The standard InChI is InChI=1S/C31H37FN4O5S.2ClH/c1-21(37)35-29(10-5-6-17-34-42(39,40)30-11-4-3-9-27(30)32)31(38)36-28-15-12-23-19-24(41-2)13-14-25(23)26(28)18-22-8-7-16-33-20-22;;/h3-4,7-9,11,13-14,16,19-20,26,28-29,34H,5-6,10,12,15,17-18H2,1-2H3,(H,35,37)(H,36,38);2*1H. The van der Waals surface area contributed by atoms with Gasteiger partial charge in [-0.15, -0.1) is 24.8 Å². The fourth-order valence-electron chi connectivity index (χ4n) is 5.43. The van der Waals surface area contributed by atoms with Crippen molar-refractivity contribution in [3.05, 3.63) is 89.5 Å². The number of amides is 2. The van der Waals surface area contributed by atoms with Crippen LogP contribution in [0.1, 0.15) is 55.2 Å². The van der Waals surface area contributed by atoms with Crippen molar-refractivity contribution >= 4 is 46.7 Å².